The Morgan fingerprint density at radius 3 is 2.62 bits per heavy atom. The highest BCUT2D eigenvalue weighted by Gasteiger charge is 2.26. The average Bonchev–Trinajstić information content (AvgIpc) is 3.30. The number of nitrogens with zero attached hydrogens (tertiary/aromatic N) is 3. The van der Waals surface area contributed by atoms with E-state index in [-0.39, 0.29) is 0 Å². The number of aromatic nitrogens is 1. The zero-order valence-corrected chi connectivity index (χ0v) is 19.9. The van der Waals surface area contributed by atoms with Gasteiger partial charge in [-0.3, -0.25) is 0 Å². The number of ether oxygens (including phenoxy) is 2. The molecule has 6 heteroatoms. The lowest BCUT2D eigenvalue weighted by atomic mass is 9.90. The van der Waals surface area contributed by atoms with E-state index < -0.39 is 0 Å². The fourth-order valence-electron chi connectivity index (χ4n) is 5.26. The van der Waals surface area contributed by atoms with Gasteiger partial charge < -0.3 is 23.8 Å². The summed E-state index contributed by atoms with van der Waals surface area (Å²) >= 11 is 0. The van der Waals surface area contributed by atoms with Crippen molar-refractivity contribution >= 4 is 11.0 Å². The fraction of sp³-hybridized carbons (Fsp3) is 0.731. The van der Waals surface area contributed by atoms with Crippen LogP contribution in [0.3, 0.4) is 0 Å². The average molecular weight is 442 g/mol. The second kappa shape index (κ2) is 10.1. The summed E-state index contributed by atoms with van der Waals surface area (Å²) in [6.07, 6.45) is 8.63. The van der Waals surface area contributed by atoms with E-state index in [1.54, 1.807) is 0 Å². The monoisotopic (exact) mass is 441 g/mol. The summed E-state index contributed by atoms with van der Waals surface area (Å²) in [5.41, 5.74) is 3.16. The molecule has 1 aromatic heterocycles. The summed E-state index contributed by atoms with van der Waals surface area (Å²) in [5.74, 6) is 3.24. The van der Waals surface area contributed by atoms with E-state index in [4.69, 9.17) is 14.0 Å². The van der Waals surface area contributed by atoms with Crippen molar-refractivity contribution in [2.45, 2.75) is 51.5 Å². The normalized spacial score (nSPS) is 22.9. The second-order valence-electron chi connectivity index (χ2n) is 10.6. The van der Waals surface area contributed by atoms with Crippen LogP contribution < -0.4 is 4.74 Å². The first-order valence-corrected chi connectivity index (χ1v) is 12.6. The molecule has 0 bridgehead atoms. The number of hydrogen-bond acceptors (Lipinski definition) is 6. The van der Waals surface area contributed by atoms with Gasteiger partial charge in [0.2, 0.25) is 0 Å². The zero-order valence-electron chi connectivity index (χ0n) is 19.9. The molecule has 5 rings (SSSR count). The van der Waals surface area contributed by atoms with Gasteiger partial charge in [-0.05, 0) is 102 Å². The quantitative estimate of drug-likeness (QED) is 0.546. The molecule has 3 fully saturated rings. The maximum absolute atomic E-state index is 6.17. The molecule has 1 unspecified atom stereocenters. The summed E-state index contributed by atoms with van der Waals surface area (Å²) in [5, 5.41) is 5.67. The predicted molar refractivity (Wildman–Crippen MR) is 126 cm³/mol. The van der Waals surface area contributed by atoms with Crippen molar-refractivity contribution in [3.05, 3.63) is 23.4 Å². The van der Waals surface area contributed by atoms with Gasteiger partial charge in [0.15, 0.2) is 5.58 Å². The van der Waals surface area contributed by atoms with E-state index in [0.29, 0.717) is 0 Å². The van der Waals surface area contributed by atoms with Crippen LogP contribution in [-0.2, 0) is 17.7 Å². The summed E-state index contributed by atoms with van der Waals surface area (Å²) in [7, 11) is 4.18. The molecular weight excluding hydrogens is 402 g/mol. The SMILES string of the molecule is CN(C)Cc1c(OCC2CC2)ccc2c(CCC3CCN(CC4CCOC4)CC3)noc12. The van der Waals surface area contributed by atoms with Crippen molar-refractivity contribution in [3.63, 3.8) is 0 Å². The van der Waals surface area contributed by atoms with Gasteiger partial charge in [0.1, 0.15) is 5.75 Å². The van der Waals surface area contributed by atoms with Crippen LogP contribution in [0, 0.1) is 17.8 Å². The topological polar surface area (TPSA) is 51.0 Å². The standard InChI is InChI=1S/C26H39N3O3/c1-28(2)16-23-25(31-18-20-3-4-20)8-6-22-24(27-32-26(22)23)7-5-19-9-12-29(13-10-19)15-21-11-14-30-17-21/h6,8,19-21H,3-5,7,9-18H2,1-2H3. The van der Waals surface area contributed by atoms with Gasteiger partial charge in [-0.2, -0.15) is 0 Å². The molecule has 2 aliphatic heterocycles. The van der Waals surface area contributed by atoms with E-state index in [1.165, 1.54) is 63.5 Å². The van der Waals surface area contributed by atoms with Crippen molar-refractivity contribution in [2.75, 3.05) is 53.6 Å². The van der Waals surface area contributed by atoms with E-state index in [1.807, 2.05) is 0 Å². The number of likely N-dealkylation sites (tertiary alicyclic amines) is 1. The summed E-state index contributed by atoms with van der Waals surface area (Å²) in [4.78, 5) is 4.82. The highest BCUT2D eigenvalue weighted by molar-refractivity contribution is 5.84. The van der Waals surface area contributed by atoms with Crippen LogP contribution in [0.5, 0.6) is 5.75 Å². The molecule has 0 spiro atoms. The van der Waals surface area contributed by atoms with Gasteiger partial charge in [0, 0.05) is 25.1 Å². The molecule has 2 aromatic rings. The fourth-order valence-corrected chi connectivity index (χ4v) is 5.26. The van der Waals surface area contributed by atoms with Crippen molar-refractivity contribution < 1.29 is 14.0 Å². The second-order valence-corrected chi connectivity index (χ2v) is 10.6. The minimum Gasteiger partial charge on any atom is -0.493 e. The van der Waals surface area contributed by atoms with E-state index in [2.05, 4.69) is 41.2 Å². The number of benzene rings is 1. The molecule has 6 nitrogen and oxygen atoms in total. The Bertz CT molecular complexity index is 878. The maximum Gasteiger partial charge on any atom is 0.175 e. The molecule has 3 aliphatic rings. The van der Waals surface area contributed by atoms with Gasteiger partial charge in [-0.15, -0.1) is 0 Å². The van der Waals surface area contributed by atoms with E-state index in [9.17, 15) is 0 Å². The molecule has 1 aromatic carbocycles. The van der Waals surface area contributed by atoms with Crippen LogP contribution in [-0.4, -0.2) is 68.5 Å². The Balaban J connectivity index is 1.19. The van der Waals surface area contributed by atoms with Crippen LogP contribution in [0.25, 0.3) is 11.0 Å². The maximum atomic E-state index is 6.17. The van der Waals surface area contributed by atoms with Gasteiger partial charge in [-0.1, -0.05) is 5.16 Å². The van der Waals surface area contributed by atoms with Crippen LogP contribution in [0.2, 0.25) is 0 Å². The first-order chi connectivity index (χ1) is 15.7. The van der Waals surface area contributed by atoms with Crippen LogP contribution in [0.4, 0.5) is 0 Å². The molecule has 32 heavy (non-hydrogen) atoms. The molecule has 0 radical (unpaired) electrons. The number of aryl methyl sites for hydroxylation is 1. The Labute approximate surface area is 192 Å². The molecule has 176 valence electrons. The third-order valence-electron chi connectivity index (χ3n) is 7.46. The predicted octanol–water partition coefficient (Wildman–Crippen LogP) is 4.36. The van der Waals surface area contributed by atoms with Crippen LogP contribution in [0.1, 0.15) is 49.8 Å². The zero-order chi connectivity index (χ0) is 21.9. The van der Waals surface area contributed by atoms with Crippen molar-refractivity contribution in [1.29, 1.82) is 0 Å². The summed E-state index contributed by atoms with van der Waals surface area (Å²) in [6.45, 7) is 7.22. The number of piperidine rings is 1. The first-order valence-electron chi connectivity index (χ1n) is 12.6. The molecule has 0 N–H and O–H groups in total. The Morgan fingerprint density at radius 2 is 1.91 bits per heavy atom. The lowest BCUT2D eigenvalue weighted by Crippen LogP contribution is -2.37. The largest absolute Gasteiger partial charge is 0.493 e. The molecule has 1 atom stereocenters. The summed E-state index contributed by atoms with van der Waals surface area (Å²) < 4.78 is 17.6. The minimum atomic E-state index is 0.737. The smallest absolute Gasteiger partial charge is 0.175 e. The van der Waals surface area contributed by atoms with E-state index >= 15 is 0 Å². The van der Waals surface area contributed by atoms with Gasteiger partial charge in [-0.25, -0.2) is 0 Å². The molecular formula is C26H39N3O3. The Morgan fingerprint density at radius 1 is 1.06 bits per heavy atom. The highest BCUT2D eigenvalue weighted by atomic mass is 16.5. The molecule has 1 aliphatic carbocycles. The van der Waals surface area contributed by atoms with Crippen molar-refractivity contribution in [3.8, 4) is 5.75 Å². The molecule has 1 saturated carbocycles. The van der Waals surface area contributed by atoms with Gasteiger partial charge in [0.25, 0.3) is 0 Å². The number of rotatable bonds is 10. The summed E-state index contributed by atoms with van der Waals surface area (Å²) in [6, 6.07) is 4.30. The highest BCUT2D eigenvalue weighted by Crippen LogP contribution is 2.35. The van der Waals surface area contributed by atoms with Gasteiger partial charge in [0.05, 0.1) is 24.5 Å². The van der Waals surface area contributed by atoms with Crippen LogP contribution >= 0.6 is 0 Å². The number of fused-ring (bicyclic) bond motifs is 1. The lowest BCUT2D eigenvalue weighted by molar-refractivity contribution is 0.138. The molecule has 2 saturated heterocycles. The number of hydrogen-bond donors (Lipinski definition) is 0. The van der Waals surface area contributed by atoms with Gasteiger partial charge >= 0.3 is 0 Å². The Kier molecular flexibility index (Phi) is 7.00. The van der Waals surface area contributed by atoms with E-state index in [0.717, 1.165) is 73.1 Å². The van der Waals surface area contributed by atoms with Crippen LogP contribution in [0.15, 0.2) is 16.7 Å². The third kappa shape index (κ3) is 5.46. The van der Waals surface area contributed by atoms with Crippen molar-refractivity contribution in [1.82, 2.24) is 15.0 Å². The molecule has 3 heterocycles. The Hall–Kier alpha value is -1.63. The first kappa shape index (κ1) is 22.2. The molecule has 0 amide bonds. The van der Waals surface area contributed by atoms with Crippen molar-refractivity contribution in [2.24, 2.45) is 17.8 Å². The minimum absolute atomic E-state index is 0.737. The lowest BCUT2D eigenvalue weighted by Gasteiger charge is -2.33. The third-order valence-corrected chi connectivity index (χ3v) is 7.46.